The van der Waals surface area contributed by atoms with E-state index in [0.29, 0.717) is 23.1 Å². The number of nitrogen functional groups attached to an aromatic ring is 1. The molecule has 2 heterocycles. The van der Waals surface area contributed by atoms with Crippen LogP contribution in [0.2, 0.25) is 0 Å². The maximum atomic E-state index is 11.8. The Labute approximate surface area is 119 Å². The Kier molecular flexibility index (Phi) is 4.44. The summed E-state index contributed by atoms with van der Waals surface area (Å²) in [7, 11) is 5.57. The molecule has 20 heavy (non-hydrogen) atoms. The smallest absolute Gasteiger partial charge is 0.341 e. The molecule has 0 aromatic carbocycles. The van der Waals surface area contributed by atoms with Gasteiger partial charge in [0, 0.05) is 19.1 Å². The number of piperidine rings is 1. The summed E-state index contributed by atoms with van der Waals surface area (Å²) in [5, 5.41) is 0. The molecule has 1 aliphatic heterocycles. The summed E-state index contributed by atoms with van der Waals surface area (Å²) in [5.74, 6) is 0.276. The molecule has 2 N–H and O–H groups in total. The fourth-order valence-electron chi connectivity index (χ4n) is 2.58. The zero-order chi connectivity index (χ0) is 14.7. The van der Waals surface area contributed by atoms with E-state index < -0.39 is 5.97 Å². The van der Waals surface area contributed by atoms with E-state index in [1.165, 1.54) is 7.11 Å². The van der Waals surface area contributed by atoms with Crippen LogP contribution in [-0.2, 0) is 4.74 Å². The number of esters is 1. The number of aromatic nitrogens is 1. The Hall–Kier alpha value is -1.82. The van der Waals surface area contributed by atoms with Crippen LogP contribution in [0.1, 0.15) is 23.2 Å². The van der Waals surface area contributed by atoms with Crippen LogP contribution in [0.15, 0.2) is 12.3 Å². The van der Waals surface area contributed by atoms with Crippen molar-refractivity contribution in [3.63, 3.8) is 0 Å². The summed E-state index contributed by atoms with van der Waals surface area (Å²) in [4.78, 5) is 20.6. The standard InChI is InChI=1S/C14H22N4O2/c1-17(2)11-4-6-18(7-5-11)13-12(14(19)20-3)8-10(15)9-16-13/h8-9,11H,4-7,15H2,1-3H3. The van der Waals surface area contributed by atoms with Crippen LogP contribution in [0, 0.1) is 0 Å². The van der Waals surface area contributed by atoms with E-state index in [-0.39, 0.29) is 0 Å². The Morgan fingerprint density at radius 3 is 2.65 bits per heavy atom. The molecule has 1 aromatic rings. The fourth-order valence-corrected chi connectivity index (χ4v) is 2.58. The Bertz CT molecular complexity index is 482. The van der Waals surface area contributed by atoms with Crippen molar-refractivity contribution in [3.8, 4) is 0 Å². The van der Waals surface area contributed by atoms with Gasteiger partial charge < -0.3 is 20.3 Å². The number of carbonyl (C=O) groups excluding carboxylic acids is 1. The molecule has 0 atom stereocenters. The topological polar surface area (TPSA) is 71.7 Å². The van der Waals surface area contributed by atoms with Gasteiger partial charge in [-0.05, 0) is 33.0 Å². The van der Waals surface area contributed by atoms with Crippen molar-refractivity contribution >= 4 is 17.5 Å². The third-order valence-electron chi connectivity index (χ3n) is 3.79. The molecule has 6 nitrogen and oxygen atoms in total. The molecule has 0 spiro atoms. The van der Waals surface area contributed by atoms with Crippen molar-refractivity contribution in [1.29, 1.82) is 0 Å². The minimum atomic E-state index is -0.394. The SMILES string of the molecule is COC(=O)c1cc(N)cnc1N1CCC(N(C)C)CC1. The van der Waals surface area contributed by atoms with Gasteiger partial charge in [-0.2, -0.15) is 0 Å². The second-order valence-corrected chi connectivity index (χ2v) is 5.31. The molecule has 2 rings (SSSR count). The Morgan fingerprint density at radius 1 is 1.45 bits per heavy atom. The van der Waals surface area contributed by atoms with Gasteiger partial charge in [0.15, 0.2) is 0 Å². The van der Waals surface area contributed by atoms with Crippen molar-refractivity contribution in [3.05, 3.63) is 17.8 Å². The first-order chi connectivity index (χ1) is 9.52. The molecule has 1 aliphatic rings. The van der Waals surface area contributed by atoms with Gasteiger partial charge in [0.2, 0.25) is 0 Å². The third-order valence-corrected chi connectivity index (χ3v) is 3.79. The van der Waals surface area contributed by atoms with Crippen molar-refractivity contribution in [2.75, 3.05) is 44.9 Å². The highest BCUT2D eigenvalue weighted by Gasteiger charge is 2.25. The van der Waals surface area contributed by atoms with E-state index in [9.17, 15) is 4.79 Å². The van der Waals surface area contributed by atoms with Crippen molar-refractivity contribution in [2.24, 2.45) is 0 Å². The van der Waals surface area contributed by atoms with Gasteiger partial charge in [0.25, 0.3) is 0 Å². The molecule has 1 fully saturated rings. The molecular formula is C14H22N4O2. The van der Waals surface area contributed by atoms with Gasteiger partial charge in [-0.3, -0.25) is 0 Å². The van der Waals surface area contributed by atoms with Crippen LogP contribution in [0.5, 0.6) is 0 Å². The predicted octanol–water partition coefficient (Wildman–Crippen LogP) is 0.981. The van der Waals surface area contributed by atoms with Crippen LogP contribution >= 0.6 is 0 Å². The summed E-state index contributed by atoms with van der Waals surface area (Å²) < 4.78 is 4.81. The van der Waals surface area contributed by atoms with Crippen LogP contribution in [0.3, 0.4) is 0 Å². The summed E-state index contributed by atoms with van der Waals surface area (Å²) >= 11 is 0. The predicted molar refractivity (Wildman–Crippen MR) is 78.9 cm³/mol. The summed E-state index contributed by atoms with van der Waals surface area (Å²) in [5.41, 5.74) is 6.63. The van der Waals surface area contributed by atoms with Gasteiger partial charge >= 0.3 is 5.97 Å². The maximum absolute atomic E-state index is 11.8. The summed E-state index contributed by atoms with van der Waals surface area (Å²) in [6.07, 6.45) is 3.69. The van der Waals surface area contributed by atoms with Crippen molar-refractivity contribution < 1.29 is 9.53 Å². The Morgan fingerprint density at radius 2 is 2.10 bits per heavy atom. The van der Waals surface area contributed by atoms with Crippen LogP contribution in [-0.4, -0.2) is 56.2 Å². The van der Waals surface area contributed by atoms with Gasteiger partial charge in [-0.1, -0.05) is 0 Å². The van der Waals surface area contributed by atoms with Crippen LogP contribution in [0.25, 0.3) is 0 Å². The van der Waals surface area contributed by atoms with Crippen LogP contribution < -0.4 is 10.6 Å². The fraction of sp³-hybridized carbons (Fsp3) is 0.571. The van der Waals surface area contributed by atoms with E-state index in [0.717, 1.165) is 25.9 Å². The van der Waals surface area contributed by atoms with Crippen molar-refractivity contribution in [2.45, 2.75) is 18.9 Å². The lowest BCUT2D eigenvalue weighted by molar-refractivity contribution is 0.0601. The largest absolute Gasteiger partial charge is 0.465 e. The third kappa shape index (κ3) is 3.01. The lowest BCUT2D eigenvalue weighted by Gasteiger charge is -2.36. The molecule has 0 unspecified atom stereocenters. The molecule has 110 valence electrons. The van der Waals surface area contributed by atoms with Gasteiger partial charge in [-0.25, -0.2) is 9.78 Å². The molecule has 0 aliphatic carbocycles. The number of nitrogens with two attached hydrogens (primary N) is 1. The van der Waals surface area contributed by atoms with E-state index >= 15 is 0 Å². The number of ether oxygens (including phenoxy) is 1. The first-order valence-electron chi connectivity index (χ1n) is 6.78. The van der Waals surface area contributed by atoms with Gasteiger partial charge in [0.05, 0.1) is 19.0 Å². The maximum Gasteiger partial charge on any atom is 0.341 e. The molecule has 6 heteroatoms. The zero-order valence-electron chi connectivity index (χ0n) is 12.3. The van der Waals surface area contributed by atoms with Gasteiger partial charge in [0.1, 0.15) is 11.4 Å². The molecular weight excluding hydrogens is 256 g/mol. The number of carbonyl (C=O) groups is 1. The highest BCUT2D eigenvalue weighted by molar-refractivity contribution is 5.95. The number of nitrogens with zero attached hydrogens (tertiary/aromatic N) is 3. The second-order valence-electron chi connectivity index (χ2n) is 5.31. The molecule has 0 amide bonds. The summed E-state index contributed by atoms with van der Waals surface area (Å²) in [6, 6.07) is 2.22. The van der Waals surface area contributed by atoms with E-state index in [1.807, 2.05) is 0 Å². The van der Waals surface area contributed by atoms with Crippen molar-refractivity contribution in [1.82, 2.24) is 9.88 Å². The normalized spacial score (nSPS) is 16.5. The summed E-state index contributed by atoms with van der Waals surface area (Å²) in [6.45, 7) is 1.76. The molecule has 1 saturated heterocycles. The van der Waals surface area contributed by atoms with Crippen LogP contribution in [0.4, 0.5) is 11.5 Å². The minimum absolute atomic E-state index is 0.394. The first-order valence-corrected chi connectivity index (χ1v) is 6.78. The molecule has 0 saturated carbocycles. The lowest BCUT2D eigenvalue weighted by atomic mass is 10.0. The zero-order valence-corrected chi connectivity index (χ0v) is 12.3. The van der Waals surface area contributed by atoms with E-state index in [4.69, 9.17) is 10.5 Å². The highest BCUT2D eigenvalue weighted by atomic mass is 16.5. The highest BCUT2D eigenvalue weighted by Crippen LogP contribution is 2.25. The number of hydrogen-bond donors (Lipinski definition) is 1. The number of hydrogen-bond acceptors (Lipinski definition) is 6. The number of methoxy groups -OCH3 is 1. The number of anilines is 2. The minimum Gasteiger partial charge on any atom is -0.465 e. The number of rotatable bonds is 3. The molecule has 0 radical (unpaired) electrons. The Balaban J connectivity index is 2.19. The van der Waals surface area contributed by atoms with E-state index in [2.05, 4.69) is 28.9 Å². The molecule has 1 aromatic heterocycles. The average molecular weight is 278 g/mol. The van der Waals surface area contributed by atoms with Gasteiger partial charge in [-0.15, -0.1) is 0 Å². The monoisotopic (exact) mass is 278 g/mol. The quantitative estimate of drug-likeness (QED) is 0.831. The average Bonchev–Trinajstić information content (AvgIpc) is 2.46. The number of pyridine rings is 1. The lowest BCUT2D eigenvalue weighted by Crippen LogP contribution is -2.42. The second kappa shape index (κ2) is 6.09. The van der Waals surface area contributed by atoms with E-state index in [1.54, 1.807) is 12.3 Å². The first kappa shape index (κ1) is 14.6. The molecule has 0 bridgehead atoms.